The van der Waals surface area contributed by atoms with E-state index in [2.05, 4.69) is 10.6 Å². The Morgan fingerprint density at radius 2 is 1.75 bits per heavy atom. The van der Waals surface area contributed by atoms with E-state index >= 15 is 0 Å². The van der Waals surface area contributed by atoms with Gasteiger partial charge >= 0.3 is 6.03 Å². The van der Waals surface area contributed by atoms with Crippen LogP contribution in [0.25, 0.3) is 0 Å². The lowest BCUT2D eigenvalue weighted by Crippen LogP contribution is -2.34. The summed E-state index contributed by atoms with van der Waals surface area (Å²) in [5.41, 5.74) is 2.72. The number of aliphatic hydroxyl groups is 1. The number of hydrogen-bond donors (Lipinski definition) is 3. The molecule has 0 spiro atoms. The Hall–Kier alpha value is -2.33. The van der Waals surface area contributed by atoms with Gasteiger partial charge < -0.3 is 15.7 Å². The summed E-state index contributed by atoms with van der Waals surface area (Å²) >= 11 is 0. The van der Waals surface area contributed by atoms with Crippen LogP contribution >= 0.6 is 0 Å². The molecule has 0 aliphatic heterocycles. The van der Waals surface area contributed by atoms with Gasteiger partial charge in [-0.15, -0.1) is 0 Å². The predicted molar refractivity (Wildman–Crippen MR) is 79.6 cm³/mol. The number of rotatable bonds is 4. The highest BCUT2D eigenvalue weighted by Gasteiger charge is 2.13. The Bertz CT molecular complexity index is 552. The van der Waals surface area contributed by atoms with Gasteiger partial charge in [-0.05, 0) is 24.6 Å². The van der Waals surface area contributed by atoms with E-state index in [0.29, 0.717) is 0 Å². The molecule has 4 nitrogen and oxygen atoms in total. The molecule has 4 heteroatoms. The van der Waals surface area contributed by atoms with E-state index in [-0.39, 0.29) is 12.6 Å². The normalized spacial score (nSPS) is 11.7. The van der Waals surface area contributed by atoms with E-state index in [0.717, 1.165) is 16.8 Å². The Labute approximate surface area is 118 Å². The Balaban J connectivity index is 1.97. The van der Waals surface area contributed by atoms with Gasteiger partial charge in [-0.1, -0.05) is 48.0 Å². The number of amides is 2. The van der Waals surface area contributed by atoms with Gasteiger partial charge in [-0.3, -0.25) is 0 Å². The lowest BCUT2D eigenvalue weighted by Gasteiger charge is -2.17. The molecule has 0 bridgehead atoms. The molecular weight excluding hydrogens is 252 g/mol. The van der Waals surface area contributed by atoms with Crippen molar-refractivity contribution in [2.75, 3.05) is 11.9 Å². The van der Waals surface area contributed by atoms with Crippen molar-refractivity contribution in [3.8, 4) is 0 Å². The molecule has 1 unspecified atom stereocenters. The first-order valence-corrected chi connectivity index (χ1v) is 6.49. The maximum atomic E-state index is 11.9. The second-order valence-electron chi connectivity index (χ2n) is 4.61. The van der Waals surface area contributed by atoms with Crippen LogP contribution in [-0.2, 0) is 0 Å². The second-order valence-corrected chi connectivity index (χ2v) is 4.61. The van der Waals surface area contributed by atoms with Crippen LogP contribution < -0.4 is 10.6 Å². The molecule has 104 valence electrons. The van der Waals surface area contributed by atoms with Crippen molar-refractivity contribution in [3.63, 3.8) is 0 Å². The lowest BCUT2D eigenvalue weighted by molar-refractivity contribution is 0.225. The largest absolute Gasteiger partial charge is 0.394 e. The van der Waals surface area contributed by atoms with Crippen LogP contribution in [0.3, 0.4) is 0 Å². The van der Waals surface area contributed by atoms with Crippen LogP contribution in [0.15, 0.2) is 54.6 Å². The highest BCUT2D eigenvalue weighted by molar-refractivity contribution is 5.89. The van der Waals surface area contributed by atoms with Gasteiger partial charge in [-0.2, -0.15) is 0 Å². The number of anilines is 1. The predicted octanol–water partition coefficient (Wildman–Crippen LogP) is 2.85. The summed E-state index contributed by atoms with van der Waals surface area (Å²) in [4.78, 5) is 11.9. The van der Waals surface area contributed by atoms with E-state index in [4.69, 9.17) is 0 Å². The topological polar surface area (TPSA) is 61.4 Å². The van der Waals surface area contributed by atoms with Crippen molar-refractivity contribution in [1.82, 2.24) is 5.32 Å². The van der Waals surface area contributed by atoms with Gasteiger partial charge in [-0.25, -0.2) is 4.79 Å². The molecule has 2 rings (SSSR count). The second kappa shape index (κ2) is 6.73. The van der Waals surface area contributed by atoms with Crippen molar-refractivity contribution in [1.29, 1.82) is 0 Å². The fourth-order valence-electron chi connectivity index (χ4n) is 1.88. The van der Waals surface area contributed by atoms with Crippen LogP contribution in [0, 0.1) is 6.92 Å². The molecule has 2 aromatic carbocycles. The summed E-state index contributed by atoms with van der Waals surface area (Å²) in [6, 6.07) is 16.2. The Morgan fingerprint density at radius 3 is 2.35 bits per heavy atom. The smallest absolute Gasteiger partial charge is 0.319 e. The van der Waals surface area contributed by atoms with Gasteiger partial charge in [0, 0.05) is 5.69 Å². The van der Waals surface area contributed by atoms with Crippen LogP contribution in [0.1, 0.15) is 17.2 Å². The standard InChI is InChI=1S/C16H18N2O2/c1-12-7-9-14(10-8-12)17-16(20)18-15(11-19)13-5-3-2-4-6-13/h2-10,15,19H,11H2,1H3,(H2,17,18,20). The third kappa shape index (κ3) is 3.83. The van der Waals surface area contributed by atoms with Crippen molar-refractivity contribution < 1.29 is 9.90 Å². The average Bonchev–Trinajstić information content (AvgIpc) is 2.48. The molecule has 2 amide bonds. The summed E-state index contributed by atoms with van der Waals surface area (Å²) in [5.74, 6) is 0. The van der Waals surface area contributed by atoms with Crippen LogP contribution in [0.4, 0.5) is 10.5 Å². The number of aliphatic hydroxyl groups excluding tert-OH is 1. The van der Waals surface area contributed by atoms with Crippen LogP contribution in [0.2, 0.25) is 0 Å². The minimum Gasteiger partial charge on any atom is -0.394 e. The molecule has 0 saturated heterocycles. The molecule has 0 heterocycles. The molecule has 20 heavy (non-hydrogen) atoms. The highest BCUT2D eigenvalue weighted by Crippen LogP contribution is 2.13. The number of benzene rings is 2. The zero-order chi connectivity index (χ0) is 14.4. The van der Waals surface area contributed by atoms with Gasteiger partial charge in [0.1, 0.15) is 0 Å². The first-order chi connectivity index (χ1) is 9.69. The van der Waals surface area contributed by atoms with Gasteiger partial charge in [0.25, 0.3) is 0 Å². The van der Waals surface area contributed by atoms with Gasteiger partial charge in [0.15, 0.2) is 0 Å². The maximum Gasteiger partial charge on any atom is 0.319 e. The highest BCUT2D eigenvalue weighted by atomic mass is 16.3. The third-order valence-corrected chi connectivity index (χ3v) is 3.00. The van der Waals surface area contributed by atoms with Crippen molar-refractivity contribution >= 4 is 11.7 Å². The van der Waals surface area contributed by atoms with Gasteiger partial charge in [0.2, 0.25) is 0 Å². The van der Waals surface area contributed by atoms with Gasteiger partial charge in [0.05, 0.1) is 12.6 Å². The molecule has 0 saturated carbocycles. The molecule has 0 radical (unpaired) electrons. The summed E-state index contributed by atoms with van der Waals surface area (Å²) in [5, 5.41) is 14.9. The molecule has 3 N–H and O–H groups in total. The Kier molecular flexibility index (Phi) is 4.74. The summed E-state index contributed by atoms with van der Waals surface area (Å²) < 4.78 is 0. The number of hydrogen-bond acceptors (Lipinski definition) is 2. The molecule has 0 aliphatic rings. The first-order valence-electron chi connectivity index (χ1n) is 6.49. The zero-order valence-electron chi connectivity index (χ0n) is 11.3. The van der Waals surface area contributed by atoms with Crippen LogP contribution in [0.5, 0.6) is 0 Å². The van der Waals surface area contributed by atoms with E-state index in [9.17, 15) is 9.90 Å². The molecule has 0 aromatic heterocycles. The van der Waals surface area contributed by atoms with E-state index in [1.807, 2.05) is 61.5 Å². The fraction of sp³-hybridized carbons (Fsp3) is 0.188. The summed E-state index contributed by atoms with van der Waals surface area (Å²) in [6.07, 6.45) is 0. The Morgan fingerprint density at radius 1 is 1.10 bits per heavy atom. The average molecular weight is 270 g/mol. The third-order valence-electron chi connectivity index (χ3n) is 3.00. The first kappa shape index (κ1) is 14.1. The fourth-order valence-corrected chi connectivity index (χ4v) is 1.88. The van der Waals surface area contributed by atoms with Crippen molar-refractivity contribution in [2.45, 2.75) is 13.0 Å². The SMILES string of the molecule is Cc1ccc(NC(=O)NC(CO)c2ccccc2)cc1. The monoisotopic (exact) mass is 270 g/mol. The van der Waals surface area contributed by atoms with Crippen LogP contribution in [-0.4, -0.2) is 17.7 Å². The molecule has 0 fully saturated rings. The minimum atomic E-state index is -0.415. The number of carbonyl (C=O) groups excluding carboxylic acids is 1. The van der Waals surface area contributed by atoms with E-state index in [1.54, 1.807) is 0 Å². The van der Waals surface area contributed by atoms with E-state index in [1.165, 1.54) is 0 Å². The quantitative estimate of drug-likeness (QED) is 0.800. The maximum absolute atomic E-state index is 11.9. The minimum absolute atomic E-state index is 0.147. The molecular formula is C16H18N2O2. The molecule has 0 aliphatic carbocycles. The lowest BCUT2D eigenvalue weighted by atomic mass is 10.1. The summed E-state index contributed by atoms with van der Waals surface area (Å²) in [7, 11) is 0. The van der Waals surface area contributed by atoms with Crippen molar-refractivity contribution in [2.24, 2.45) is 0 Å². The molecule has 2 aromatic rings. The zero-order valence-corrected chi connectivity index (χ0v) is 11.3. The van der Waals surface area contributed by atoms with E-state index < -0.39 is 6.04 Å². The van der Waals surface area contributed by atoms with Crippen molar-refractivity contribution in [3.05, 3.63) is 65.7 Å². The number of carbonyl (C=O) groups is 1. The number of urea groups is 1. The number of nitrogens with one attached hydrogen (secondary N) is 2. The summed E-state index contributed by atoms with van der Waals surface area (Å²) in [6.45, 7) is 1.84. The number of aryl methyl sites for hydroxylation is 1. The molecule has 1 atom stereocenters.